The summed E-state index contributed by atoms with van der Waals surface area (Å²) in [5, 5.41) is 0. The van der Waals surface area contributed by atoms with Crippen molar-refractivity contribution in [2.75, 3.05) is 6.54 Å². The van der Waals surface area contributed by atoms with Crippen LogP contribution >= 0.6 is 15.9 Å². The van der Waals surface area contributed by atoms with Crippen LogP contribution in [-0.2, 0) is 4.74 Å². The van der Waals surface area contributed by atoms with Crippen LogP contribution in [0.1, 0.15) is 45.6 Å². The first kappa shape index (κ1) is 15.4. The average Bonchev–Trinajstić information content (AvgIpc) is 2.70. The number of carbonyl (C=O) groups excluding carboxylic acids is 1. The van der Waals surface area contributed by atoms with Crippen molar-refractivity contribution in [2.24, 2.45) is 0 Å². The fraction of sp³-hybridized carbons (Fsp3) is 0.562. The summed E-state index contributed by atoms with van der Waals surface area (Å²) in [5.74, 6) is 0.394. The Kier molecular flexibility index (Phi) is 4.43. The summed E-state index contributed by atoms with van der Waals surface area (Å²) in [6.45, 7) is 8.52. The van der Waals surface area contributed by atoms with E-state index in [1.807, 2.05) is 25.7 Å². The smallest absolute Gasteiger partial charge is 0.410 e. The van der Waals surface area contributed by atoms with Gasteiger partial charge in [0.1, 0.15) is 5.60 Å². The van der Waals surface area contributed by atoms with E-state index in [9.17, 15) is 4.79 Å². The van der Waals surface area contributed by atoms with Crippen molar-refractivity contribution >= 4 is 22.0 Å². The summed E-state index contributed by atoms with van der Waals surface area (Å²) < 4.78 is 6.55. The lowest BCUT2D eigenvalue weighted by atomic mass is 9.97. The molecule has 0 aromatic heterocycles. The Bertz CT molecular complexity index is 478. The standard InChI is InChI=1S/C16H22BrNO2/c1-11-9-13(12-5-7-14(17)8-6-12)10-18(11)15(19)20-16(2,3)4/h5-8,11,13H,9-10H2,1-4H3. The number of rotatable bonds is 1. The van der Waals surface area contributed by atoms with Crippen LogP contribution in [0.3, 0.4) is 0 Å². The highest BCUT2D eigenvalue weighted by Gasteiger charge is 2.35. The van der Waals surface area contributed by atoms with Crippen molar-refractivity contribution in [2.45, 2.75) is 51.7 Å². The van der Waals surface area contributed by atoms with Crippen LogP contribution in [0.25, 0.3) is 0 Å². The van der Waals surface area contributed by atoms with Gasteiger partial charge >= 0.3 is 6.09 Å². The van der Waals surface area contributed by atoms with Crippen LogP contribution < -0.4 is 0 Å². The van der Waals surface area contributed by atoms with Gasteiger partial charge in [0.15, 0.2) is 0 Å². The average molecular weight is 340 g/mol. The number of hydrogen-bond donors (Lipinski definition) is 0. The number of halogens is 1. The largest absolute Gasteiger partial charge is 0.444 e. The fourth-order valence-electron chi connectivity index (χ4n) is 2.58. The number of nitrogens with zero attached hydrogens (tertiary/aromatic N) is 1. The van der Waals surface area contributed by atoms with E-state index in [1.165, 1.54) is 5.56 Å². The van der Waals surface area contributed by atoms with Gasteiger partial charge in [-0.3, -0.25) is 0 Å². The quantitative estimate of drug-likeness (QED) is 0.750. The minimum Gasteiger partial charge on any atom is -0.444 e. The molecule has 1 aromatic carbocycles. The molecule has 0 saturated carbocycles. The van der Waals surface area contributed by atoms with Crippen molar-refractivity contribution in [3.8, 4) is 0 Å². The molecule has 1 aromatic rings. The van der Waals surface area contributed by atoms with E-state index in [2.05, 4.69) is 47.1 Å². The lowest BCUT2D eigenvalue weighted by Gasteiger charge is -2.27. The molecule has 20 heavy (non-hydrogen) atoms. The Morgan fingerprint density at radius 3 is 2.45 bits per heavy atom. The van der Waals surface area contributed by atoms with Gasteiger partial charge in [0.2, 0.25) is 0 Å². The first-order valence-corrected chi connectivity index (χ1v) is 7.80. The zero-order chi connectivity index (χ0) is 14.9. The Hall–Kier alpha value is -1.03. The maximum atomic E-state index is 12.2. The van der Waals surface area contributed by atoms with Crippen LogP contribution in [-0.4, -0.2) is 29.2 Å². The highest BCUT2D eigenvalue weighted by molar-refractivity contribution is 9.10. The van der Waals surface area contributed by atoms with Gasteiger partial charge in [0.25, 0.3) is 0 Å². The summed E-state index contributed by atoms with van der Waals surface area (Å²) in [7, 11) is 0. The Morgan fingerprint density at radius 1 is 1.30 bits per heavy atom. The Morgan fingerprint density at radius 2 is 1.90 bits per heavy atom. The summed E-state index contributed by atoms with van der Waals surface area (Å²) >= 11 is 3.45. The van der Waals surface area contributed by atoms with Crippen LogP contribution in [0.4, 0.5) is 4.79 Å². The monoisotopic (exact) mass is 339 g/mol. The Labute approximate surface area is 129 Å². The molecular formula is C16H22BrNO2. The number of carbonyl (C=O) groups is 1. The number of hydrogen-bond acceptors (Lipinski definition) is 2. The summed E-state index contributed by atoms with van der Waals surface area (Å²) in [5.41, 5.74) is 0.845. The van der Waals surface area contributed by atoms with Gasteiger partial charge in [-0.1, -0.05) is 28.1 Å². The maximum absolute atomic E-state index is 12.2. The molecule has 1 amide bonds. The van der Waals surface area contributed by atoms with Gasteiger partial charge in [-0.15, -0.1) is 0 Å². The molecule has 4 heteroatoms. The van der Waals surface area contributed by atoms with Gasteiger partial charge in [-0.25, -0.2) is 4.79 Å². The van der Waals surface area contributed by atoms with Crippen molar-refractivity contribution in [1.29, 1.82) is 0 Å². The minimum absolute atomic E-state index is 0.204. The first-order valence-electron chi connectivity index (χ1n) is 7.01. The SMILES string of the molecule is CC1CC(c2ccc(Br)cc2)CN1C(=O)OC(C)(C)C. The molecule has 2 rings (SSSR count). The molecule has 0 N–H and O–H groups in total. The molecule has 1 aliphatic heterocycles. The van der Waals surface area contributed by atoms with Crippen LogP contribution in [0.2, 0.25) is 0 Å². The van der Waals surface area contributed by atoms with E-state index in [4.69, 9.17) is 4.74 Å². The highest BCUT2D eigenvalue weighted by atomic mass is 79.9. The van der Waals surface area contributed by atoms with E-state index in [1.54, 1.807) is 0 Å². The van der Waals surface area contributed by atoms with Gasteiger partial charge in [-0.2, -0.15) is 0 Å². The van der Waals surface area contributed by atoms with Crippen LogP contribution in [0.15, 0.2) is 28.7 Å². The van der Waals surface area contributed by atoms with Crippen molar-refractivity contribution in [3.63, 3.8) is 0 Å². The molecule has 0 radical (unpaired) electrons. The Balaban J connectivity index is 2.05. The minimum atomic E-state index is -0.438. The third-order valence-corrected chi connectivity index (χ3v) is 4.07. The molecular weight excluding hydrogens is 318 g/mol. The topological polar surface area (TPSA) is 29.5 Å². The molecule has 2 unspecified atom stereocenters. The van der Waals surface area contributed by atoms with E-state index in [-0.39, 0.29) is 12.1 Å². The molecule has 1 saturated heterocycles. The zero-order valence-electron chi connectivity index (χ0n) is 12.5. The first-order chi connectivity index (χ1) is 9.26. The summed E-state index contributed by atoms with van der Waals surface area (Å²) in [6, 6.07) is 8.57. The van der Waals surface area contributed by atoms with E-state index >= 15 is 0 Å². The lowest BCUT2D eigenvalue weighted by Crippen LogP contribution is -2.38. The van der Waals surface area contributed by atoms with Crippen molar-refractivity contribution < 1.29 is 9.53 Å². The van der Waals surface area contributed by atoms with Crippen LogP contribution in [0.5, 0.6) is 0 Å². The van der Waals surface area contributed by atoms with Gasteiger partial charge < -0.3 is 9.64 Å². The predicted molar refractivity (Wildman–Crippen MR) is 83.9 cm³/mol. The summed E-state index contributed by atoms with van der Waals surface area (Å²) in [4.78, 5) is 14.0. The molecule has 2 atom stereocenters. The molecule has 3 nitrogen and oxygen atoms in total. The third-order valence-electron chi connectivity index (χ3n) is 3.54. The lowest BCUT2D eigenvalue weighted by molar-refractivity contribution is 0.0237. The van der Waals surface area contributed by atoms with E-state index in [0.717, 1.165) is 17.4 Å². The molecule has 1 fully saturated rings. The number of amides is 1. The molecule has 0 aliphatic carbocycles. The summed E-state index contributed by atoms with van der Waals surface area (Å²) in [6.07, 6.45) is 0.783. The second-order valence-corrected chi connectivity index (χ2v) is 7.38. The number of likely N-dealkylation sites (tertiary alicyclic amines) is 1. The molecule has 1 aliphatic rings. The second-order valence-electron chi connectivity index (χ2n) is 6.47. The fourth-order valence-corrected chi connectivity index (χ4v) is 2.85. The normalized spacial score (nSPS) is 22.9. The second kappa shape index (κ2) is 5.76. The predicted octanol–water partition coefficient (Wildman–Crippen LogP) is 4.56. The number of benzene rings is 1. The molecule has 0 spiro atoms. The molecule has 110 valence electrons. The number of ether oxygens (including phenoxy) is 1. The van der Waals surface area contributed by atoms with Gasteiger partial charge in [0.05, 0.1) is 0 Å². The molecule has 0 bridgehead atoms. The third kappa shape index (κ3) is 3.75. The van der Waals surface area contributed by atoms with E-state index in [0.29, 0.717) is 5.92 Å². The van der Waals surface area contributed by atoms with Crippen molar-refractivity contribution in [3.05, 3.63) is 34.3 Å². The van der Waals surface area contributed by atoms with Crippen LogP contribution in [0, 0.1) is 0 Å². The van der Waals surface area contributed by atoms with Gasteiger partial charge in [0, 0.05) is 23.0 Å². The van der Waals surface area contributed by atoms with Gasteiger partial charge in [-0.05, 0) is 51.8 Å². The highest BCUT2D eigenvalue weighted by Crippen LogP contribution is 2.33. The zero-order valence-corrected chi connectivity index (χ0v) is 14.1. The van der Waals surface area contributed by atoms with E-state index < -0.39 is 5.60 Å². The molecule has 1 heterocycles. The van der Waals surface area contributed by atoms with Crippen molar-refractivity contribution in [1.82, 2.24) is 4.90 Å². The maximum Gasteiger partial charge on any atom is 0.410 e.